The summed E-state index contributed by atoms with van der Waals surface area (Å²) in [5.74, 6) is 0.437. The summed E-state index contributed by atoms with van der Waals surface area (Å²) in [5.41, 5.74) is 0.635. The summed E-state index contributed by atoms with van der Waals surface area (Å²) in [6, 6.07) is 0. The Bertz CT molecular complexity index is 700. The van der Waals surface area contributed by atoms with Crippen molar-refractivity contribution in [3.8, 4) is 0 Å². The minimum absolute atomic E-state index is 0.0251. The number of ether oxygens (including phenoxy) is 1. The second-order valence-corrected chi connectivity index (χ2v) is 9.99. The number of carbonyl (C=O) groups excluding carboxylic acids is 3. The molecule has 4 bridgehead atoms. The third kappa shape index (κ3) is 4.51. The van der Waals surface area contributed by atoms with Gasteiger partial charge >= 0.3 is 5.97 Å². The molecule has 0 aromatic carbocycles. The Kier molecular flexibility index (Phi) is 5.71. The van der Waals surface area contributed by atoms with Crippen molar-refractivity contribution in [1.82, 2.24) is 10.6 Å². The molecule has 29 heavy (non-hydrogen) atoms. The number of hydrogen-bond donors (Lipinski definition) is 2. The van der Waals surface area contributed by atoms with Crippen LogP contribution in [0.4, 0.5) is 0 Å². The molecule has 2 unspecified atom stereocenters. The summed E-state index contributed by atoms with van der Waals surface area (Å²) in [7, 11) is 0. The SMILES string of the molecule is CC(=O)NC12CC3CC(C1)CC(C(=O)OCC(=O)NCCC1=CCCCC1)(C3)C2. The van der Waals surface area contributed by atoms with Crippen LogP contribution in [-0.2, 0) is 19.1 Å². The molecule has 0 spiro atoms. The first kappa shape index (κ1) is 20.4. The molecule has 6 heteroatoms. The number of amides is 2. The van der Waals surface area contributed by atoms with E-state index in [1.54, 1.807) is 6.92 Å². The summed E-state index contributed by atoms with van der Waals surface area (Å²) < 4.78 is 5.50. The van der Waals surface area contributed by atoms with Crippen LogP contribution in [0.5, 0.6) is 0 Å². The maximum absolute atomic E-state index is 13.0. The highest BCUT2D eigenvalue weighted by atomic mass is 16.5. The third-order valence-corrected chi connectivity index (χ3v) is 7.42. The van der Waals surface area contributed by atoms with Gasteiger partial charge in [-0.1, -0.05) is 11.6 Å². The Labute approximate surface area is 173 Å². The van der Waals surface area contributed by atoms with Crippen molar-refractivity contribution >= 4 is 17.8 Å². The second kappa shape index (κ2) is 8.11. The third-order valence-electron chi connectivity index (χ3n) is 7.42. The van der Waals surface area contributed by atoms with Crippen LogP contribution < -0.4 is 10.6 Å². The average Bonchev–Trinajstić information content (AvgIpc) is 2.65. The minimum Gasteiger partial charge on any atom is -0.455 e. The molecule has 0 heterocycles. The Morgan fingerprint density at radius 1 is 1.14 bits per heavy atom. The number of nitrogens with one attached hydrogen (secondary N) is 2. The van der Waals surface area contributed by atoms with Gasteiger partial charge in [0.05, 0.1) is 5.41 Å². The molecule has 160 valence electrons. The van der Waals surface area contributed by atoms with Gasteiger partial charge in [0.1, 0.15) is 0 Å². The van der Waals surface area contributed by atoms with Crippen LogP contribution >= 0.6 is 0 Å². The molecule has 5 rings (SSSR count). The predicted molar refractivity (Wildman–Crippen MR) is 109 cm³/mol. The monoisotopic (exact) mass is 402 g/mol. The first-order valence-electron chi connectivity index (χ1n) is 11.3. The lowest BCUT2D eigenvalue weighted by atomic mass is 9.47. The van der Waals surface area contributed by atoms with Gasteiger partial charge in [0.2, 0.25) is 5.91 Å². The van der Waals surface area contributed by atoms with Crippen LogP contribution in [0.2, 0.25) is 0 Å². The Morgan fingerprint density at radius 2 is 1.90 bits per heavy atom. The van der Waals surface area contributed by atoms with Crippen molar-refractivity contribution in [3.05, 3.63) is 11.6 Å². The standard InChI is InChI=1S/C23H34N2O4/c1-16(26)25-23-12-18-9-19(13-23)11-22(10-18,15-23)21(28)29-14-20(27)24-8-7-17-5-3-2-4-6-17/h5,18-19H,2-4,6-15H2,1H3,(H,24,27)(H,25,26). The zero-order valence-corrected chi connectivity index (χ0v) is 17.6. The normalized spacial score (nSPS) is 35.0. The fourth-order valence-corrected chi connectivity index (χ4v) is 6.85. The van der Waals surface area contributed by atoms with E-state index in [1.165, 1.54) is 18.4 Å². The van der Waals surface area contributed by atoms with Gasteiger partial charge in [-0.05, 0) is 82.5 Å². The molecule has 6 nitrogen and oxygen atoms in total. The number of carbonyl (C=O) groups is 3. The van der Waals surface area contributed by atoms with Crippen molar-refractivity contribution < 1.29 is 19.1 Å². The van der Waals surface area contributed by atoms with Crippen molar-refractivity contribution in [2.75, 3.05) is 13.2 Å². The molecule has 0 radical (unpaired) electrons. The lowest BCUT2D eigenvalue weighted by Crippen LogP contribution is -2.64. The molecule has 2 N–H and O–H groups in total. The van der Waals surface area contributed by atoms with Crippen LogP contribution in [0.15, 0.2) is 11.6 Å². The molecule has 0 aliphatic heterocycles. The van der Waals surface area contributed by atoms with Gasteiger partial charge in [0.15, 0.2) is 6.61 Å². The number of esters is 1. The van der Waals surface area contributed by atoms with Crippen molar-refractivity contribution in [2.45, 2.75) is 83.1 Å². The van der Waals surface area contributed by atoms with Crippen molar-refractivity contribution in [1.29, 1.82) is 0 Å². The number of rotatable bonds is 7. The largest absolute Gasteiger partial charge is 0.455 e. The van der Waals surface area contributed by atoms with Crippen LogP contribution in [0, 0.1) is 17.3 Å². The highest BCUT2D eigenvalue weighted by Gasteiger charge is 2.61. The fourth-order valence-electron chi connectivity index (χ4n) is 6.85. The zero-order valence-electron chi connectivity index (χ0n) is 17.6. The minimum atomic E-state index is -0.528. The Hall–Kier alpha value is -1.85. The second-order valence-electron chi connectivity index (χ2n) is 9.99. The quantitative estimate of drug-likeness (QED) is 0.506. The van der Waals surface area contributed by atoms with Crippen LogP contribution in [0.1, 0.15) is 77.6 Å². The van der Waals surface area contributed by atoms with E-state index in [4.69, 9.17) is 4.74 Å². The van der Waals surface area contributed by atoms with Crippen LogP contribution in [0.3, 0.4) is 0 Å². The van der Waals surface area contributed by atoms with E-state index in [2.05, 4.69) is 16.7 Å². The van der Waals surface area contributed by atoms with E-state index in [9.17, 15) is 14.4 Å². The van der Waals surface area contributed by atoms with E-state index >= 15 is 0 Å². The summed E-state index contributed by atoms with van der Waals surface area (Å²) in [4.78, 5) is 36.9. The molecule has 2 amide bonds. The highest BCUT2D eigenvalue weighted by Crippen LogP contribution is 2.62. The van der Waals surface area contributed by atoms with Gasteiger partial charge in [0, 0.05) is 19.0 Å². The maximum Gasteiger partial charge on any atom is 0.312 e. The van der Waals surface area contributed by atoms with E-state index < -0.39 is 5.41 Å². The first-order chi connectivity index (χ1) is 13.9. The maximum atomic E-state index is 13.0. The van der Waals surface area contributed by atoms with Gasteiger partial charge in [-0.3, -0.25) is 14.4 Å². The van der Waals surface area contributed by atoms with Gasteiger partial charge in [-0.25, -0.2) is 0 Å². The van der Waals surface area contributed by atoms with E-state index in [0.29, 0.717) is 24.8 Å². The van der Waals surface area contributed by atoms with Gasteiger partial charge in [0.25, 0.3) is 5.91 Å². The lowest BCUT2D eigenvalue weighted by molar-refractivity contribution is -0.177. The molecule has 5 aliphatic rings. The fraction of sp³-hybridized carbons (Fsp3) is 0.783. The van der Waals surface area contributed by atoms with Crippen LogP contribution in [0.25, 0.3) is 0 Å². The van der Waals surface area contributed by atoms with Gasteiger partial charge < -0.3 is 15.4 Å². The summed E-state index contributed by atoms with van der Waals surface area (Å²) in [6.07, 6.45) is 13.3. The van der Waals surface area contributed by atoms with E-state index in [0.717, 1.165) is 51.4 Å². The molecule has 0 saturated heterocycles. The van der Waals surface area contributed by atoms with Crippen molar-refractivity contribution in [3.63, 3.8) is 0 Å². The summed E-state index contributed by atoms with van der Waals surface area (Å²) >= 11 is 0. The molecule has 2 atom stereocenters. The predicted octanol–water partition coefficient (Wildman–Crippen LogP) is 3.01. The number of allylic oxidation sites excluding steroid dienone is 1. The Morgan fingerprint density at radius 3 is 2.55 bits per heavy atom. The molecular weight excluding hydrogens is 368 g/mol. The van der Waals surface area contributed by atoms with E-state index in [1.807, 2.05) is 0 Å². The smallest absolute Gasteiger partial charge is 0.312 e. The first-order valence-corrected chi connectivity index (χ1v) is 11.3. The summed E-state index contributed by atoms with van der Waals surface area (Å²) in [5, 5.41) is 6.04. The highest BCUT2D eigenvalue weighted by molar-refractivity contribution is 5.83. The van der Waals surface area contributed by atoms with Crippen molar-refractivity contribution in [2.24, 2.45) is 17.3 Å². The summed E-state index contributed by atoms with van der Waals surface area (Å²) in [6.45, 7) is 1.95. The molecule has 5 aliphatic carbocycles. The van der Waals surface area contributed by atoms with Gasteiger partial charge in [-0.2, -0.15) is 0 Å². The molecular formula is C23H34N2O4. The lowest BCUT2D eigenvalue weighted by Gasteiger charge is -2.60. The van der Waals surface area contributed by atoms with Gasteiger partial charge in [-0.15, -0.1) is 0 Å². The molecule has 4 fully saturated rings. The zero-order chi connectivity index (χ0) is 20.5. The average molecular weight is 403 g/mol. The molecule has 0 aromatic rings. The molecule has 4 saturated carbocycles. The van der Waals surface area contributed by atoms with Crippen LogP contribution in [-0.4, -0.2) is 36.5 Å². The van der Waals surface area contributed by atoms with E-state index in [-0.39, 0.29) is 29.9 Å². The number of hydrogen-bond acceptors (Lipinski definition) is 4. The Balaban J connectivity index is 1.28. The molecule has 0 aromatic heterocycles. The topological polar surface area (TPSA) is 84.5 Å².